The SMILES string of the molecule is Cc1ccc(C=O)c(-n2nc(C)cc2C)c1. The molecule has 3 heteroatoms. The number of hydrogen-bond donors (Lipinski definition) is 0. The summed E-state index contributed by atoms with van der Waals surface area (Å²) in [5.74, 6) is 0. The van der Waals surface area contributed by atoms with E-state index < -0.39 is 0 Å². The quantitative estimate of drug-likeness (QED) is 0.720. The van der Waals surface area contributed by atoms with Crippen LogP contribution in [0.3, 0.4) is 0 Å². The van der Waals surface area contributed by atoms with Crippen molar-refractivity contribution in [3.63, 3.8) is 0 Å². The molecule has 1 aromatic carbocycles. The topological polar surface area (TPSA) is 34.9 Å². The van der Waals surface area contributed by atoms with Gasteiger partial charge in [-0.25, -0.2) is 4.68 Å². The Morgan fingerprint density at radius 2 is 1.94 bits per heavy atom. The van der Waals surface area contributed by atoms with E-state index in [0.717, 1.165) is 28.9 Å². The van der Waals surface area contributed by atoms with Crippen molar-refractivity contribution in [2.75, 3.05) is 0 Å². The molecule has 2 aromatic rings. The third-order valence-corrected chi connectivity index (χ3v) is 2.55. The Kier molecular flexibility index (Phi) is 2.60. The van der Waals surface area contributed by atoms with Crippen LogP contribution in [0.15, 0.2) is 24.3 Å². The first-order chi connectivity index (χ1) is 7.61. The smallest absolute Gasteiger partial charge is 0.152 e. The van der Waals surface area contributed by atoms with Gasteiger partial charge in [-0.1, -0.05) is 6.07 Å². The molecule has 0 saturated carbocycles. The van der Waals surface area contributed by atoms with Gasteiger partial charge >= 0.3 is 0 Å². The third-order valence-electron chi connectivity index (χ3n) is 2.55. The molecule has 0 atom stereocenters. The van der Waals surface area contributed by atoms with Crippen LogP contribution >= 0.6 is 0 Å². The van der Waals surface area contributed by atoms with Crippen molar-refractivity contribution in [2.45, 2.75) is 20.8 Å². The molecule has 0 amide bonds. The Balaban J connectivity index is 2.66. The van der Waals surface area contributed by atoms with Crippen LogP contribution in [0, 0.1) is 20.8 Å². The van der Waals surface area contributed by atoms with Gasteiger partial charge in [-0.2, -0.15) is 5.10 Å². The molecule has 1 aromatic heterocycles. The predicted molar refractivity (Wildman–Crippen MR) is 63.2 cm³/mol. The maximum absolute atomic E-state index is 11.0. The van der Waals surface area contributed by atoms with Crippen LogP contribution in [0.25, 0.3) is 5.69 Å². The van der Waals surface area contributed by atoms with Crippen LogP contribution in [0.4, 0.5) is 0 Å². The number of carbonyl (C=O) groups excluding carboxylic acids is 1. The summed E-state index contributed by atoms with van der Waals surface area (Å²) >= 11 is 0. The Hall–Kier alpha value is -1.90. The lowest BCUT2D eigenvalue weighted by molar-refractivity contribution is 0.112. The highest BCUT2D eigenvalue weighted by Gasteiger charge is 2.08. The average Bonchev–Trinajstić information content (AvgIpc) is 2.57. The summed E-state index contributed by atoms with van der Waals surface area (Å²) < 4.78 is 1.81. The van der Waals surface area contributed by atoms with Gasteiger partial charge in [0, 0.05) is 11.3 Å². The Labute approximate surface area is 94.7 Å². The van der Waals surface area contributed by atoms with Crippen LogP contribution in [0.1, 0.15) is 27.3 Å². The molecule has 0 fully saturated rings. The molecule has 16 heavy (non-hydrogen) atoms. The number of benzene rings is 1. The van der Waals surface area contributed by atoms with Crippen LogP contribution in [0.2, 0.25) is 0 Å². The molecule has 1 heterocycles. The molecule has 3 nitrogen and oxygen atoms in total. The van der Waals surface area contributed by atoms with E-state index in [4.69, 9.17) is 0 Å². The van der Waals surface area contributed by atoms with Crippen molar-refractivity contribution in [1.82, 2.24) is 9.78 Å². The summed E-state index contributed by atoms with van der Waals surface area (Å²) in [5, 5.41) is 4.39. The zero-order valence-corrected chi connectivity index (χ0v) is 9.69. The lowest BCUT2D eigenvalue weighted by Crippen LogP contribution is -2.03. The van der Waals surface area contributed by atoms with Crippen molar-refractivity contribution >= 4 is 6.29 Å². The molecule has 0 unspecified atom stereocenters. The van der Waals surface area contributed by atoms with E-state index in [1.165, 1.54) is 0 Å². The second-order valence-corrected chi connectivity index (χ2v) is 4.02. The van der Waals surface area contributed by atoms with Gasteiger partial charge in [0.05, 0.1) is 11.4 Å². The lowest BCUT2D eigenvalue weighted by atomic mass is 10.1. The molecule has 0 bridgehead atoms. The number of rotatable bonds is 2. The van der Waals surface area contributed by atoms with Crippen molar-refractivity contribution < 1.29 is 4.79 Å². The summed E-state index contributed by atoms with van der Waals surface area (Å²) in [6.07, 6.45) is 0.866. The van der Waals surface area contributed by atoms with Gasteiger partial charge in [0.1, 0.15) is 0 Å². The molecule has 0 N–H and O–H groups in total. The number of aldehydes is 1. The highest BCUT2D eigenvalue weighted by Crippen LogP contribution is 2.17. The van der Waals surface area contributed by atoms with Crippen molar-refractivity contribution in [1.29, 1.82) is 0 Å². The predicted octanol–water partition coefficient (Wildman–Crippen LogP) is 2.61. The molecule has 2 rings (SSSR count). The van der Waals surface area contributed by atoms with E-state index in [9.17, 15) is 4.79 Å². The van der Waals surface area contributed by atoms with Gasteiger partial charge < -0.3 is 0 Å². The number of carbonyl (C=O) groups is 1. The molecule has 82 valence electrons. The number of aromatic nitrogens is 2. The number of nitrogens with zero attached hydrogens (tertiary/aromatic N) is 2. The van der Waals surface area contributed by atoms with E-state index >= 15 is 0 Å². The molecule has 0 spiro atoms. The standard InChI is InChI=1S/C13H14N2O/c1-9-4-5-12(8-16)13(6-9)15-11(3)7-10(2)14-15/h4-8H,1-3H3. The normalized spacial score (nSPS) is 10.4. The van der Waals surface area contributed by atoms with Crippen molar-refractivity contribution in [3.8, 4) is 5.69 Å². The molecular formula is C13H14N2O. The maximum Gasteiger partial charge on any atom is 0.152 e. The second kappa shape index (κ2) is 3.93. The number of aryl methyl sites for hydroxylation is 3. The fourth-order valence-electron chi connectivity index (χ4n) is 1.81. The zero-order chi connectivity index (χ0) is 11.7. The first-order valence-electron chi connectivity index (χ1n) is 5.21. The molecule has 0 aliphatic carbocycles. The first kappa shape index (κ1) is 10.6. The second-order valence-electron chi connectivity index (χ2n) is 4.02. The van der Waals surface area contributed by atoms with Crippen LogP contribution in [-0.4, -0.2) is 16.1 Å². The van der Waals surface area contributed by atoms with Gasteiger partial charge in [-0.3, -0.25) is 4.79 Å². The van der Waals surface area contributed by atoms with Gasteiger partial charge in [-0.15, -0.1) is 0 Å². The van der Waals surface area contributed by atoms with Gasteiger partial charge in [-0.05, 0) is 44.5 Å². The van der Waals surface area contributed by atoms with Crippen LogP contribution in [0.5, 0.6) is 0 Å². The van der Waals surface area contributed by atoms with E-state index in [-0.39, 0.29) is 0 Å². The van der Waals surface area contributed by atoms with Crippen molar-refractivity contribution in [3.05, 3.63) is 46.8 Å². The minimum atomic E-state index is 0.664. The molecule has 0 radical (unpaired) electrons. The molecule has 0 aliphatic heterocycles. The van der Waals surface area contributed by atoms with Gasteiger partial charge in [0.15, 0.2) is 6.29 Å². The van der Waals surface area contributed by atoms with E-state index in [2.05, 4.69) is 5.10 Å². The number of hydrogen-bond acceptors (Lipinski definition) is 2. The van der Waals surface area contributed by atoms with Crippen LogP contribution in [-0.2, 0) is 0 Å². The zero-order valence-electron chi connectivity index (χ0n) is 9.69. The summed E-state index contributed by atoms with van der Waals surface area (Å²) in [6, 6.07) is 7.73. The van der Waals surface area contributed by atoms with Gasteiger partial charge in [0.2, 0.25) is 0 Å². The Bertz CT molecular complexity index is 541. The fraction of sp³-hybridized carbons (Fsp3) is 0.231. The van der Waals surface area contributed by atoms with Crippen molar-refractivity contribution in [2.24, 2.45) is 0 Å². The monoisotopic (exact) mass is 214 g/mol. The largest absolute Gasteiger partial charge is 0.298 e. The third kappa shape index (κ3) is 1.76. The molecule has 0 aliphatic rings. The minimum absolute atomic E-state index is 0.664. The Morgan fingerprint density at radius 3 is 2.50 bits per heavy atom. The highest BCUT2D eigenvalue weighted by atomic mass is 16.1. The minimum Gasteiger partial charge on any atom is -0.298 e. The summed E-state index contributed by atoms with van der Waals surface area (Å²) in [5.41, 5.74) is 4.62. The van der Waals surface area contributed by atoms with E-state index in [1.807, 2.05) is 49.7 Å². The fourth-order valence-corrected chi connectivity index (χ4v) is 1.81. The first-order valence-corrected chi connectivity index (χ1v) is 5.21. The lowest BCUT2D eigenvalue weighted by Gasteiger charge is -2.08. The maximum atomic E-state index is 11.0. The van der Waals surface area contributed by atoms with E-state index in [0.29, 0.717) is 5.56 Å². The summed E-state index contributed by atoms with van der Waals surface area (Å²) in [4.78, 5) is 11.0. The molecular weight excluding hydrogens is 200 g/mol. The van der Waals surface area contributed by atoms with Gasteiger partial charge in [0.25, 0.3) is 0 Å². The van der Waals surface area contributed by atoms with E-state index in [1.54, 1.807) is 0 Å². The Morgan fingerprint density at radius 1 is 1.19 bits per heavy atom. The highest BCUT2D eigenvalue weighted by molar-refractivity contribution is 5.81. The average molecular weight is 214 g/mol. The summed E-state index contributed by atoms with van der Waals surface area (Å²) in [7, 11) is 0. The van der Waals surface area contributed by atoms with Crippen LogP contribution < -0.4 is 0 Å². The molecule has 0 saturated heterocycles. The summed E-state index contributed by atoms with van der Waals surface area (Å²) in [6.45, 7) is 5.93.